The van der Waals surface area contributed by atoms with Crippen LogP contribution in [0, 0.1) is 29.2 Å². The molecule has 0 spiro atoms. The van der Waals surface area contributed by atoms with Crippen LogP contribution in [0.1, 0.15) is 41.9 Å². The molecule has 1 aliphatic rings. The monoisotopic (exact) mass is 531 g/mol. The fourth-order valence-electron chi connectivity index (χ4n) is 5.28. The van der Waals surface area contributed by atoms with Crippen molar-refractivity contribution in [2.75, 3.05) is 40.0 Å². The summed E-state index contributed by atoms with van der Waals surface area (Å²) in [6.07, 6.45) is 2.72. The van der Waals surface area contributed by atoms with E-state index < -0.39 is 29.2 Å². The summed E-state index contributed by atoms with van der Waals surface area (Å²) in [6, 6.07) is 12.3. The molecule has 1 fully saturated rings. The summed E-state index contributed by atoms with van der Waals surface area (Å²) >= 11 is 0. The van der Waals surface area contributed by atoms with E-state index in [9.17, 15) is 17.6 Å². The van der Waals surface area contributed by atoms with Crippen molar-refractivity contribution in [3.63, 3.8) is 0 Å². The number of aliphatic hydroxyl groups excluding tert-OH is 1. The fraction of sp³-hybridized carbons (Fsp3) is 0.400. The molecule has 0 atom stereocenters. The van der Waals surface area contributed by atoms with Gasteiger partial charge in [-0.15, -0.1) is 0 Å². The van der Waals surface area contributed by atoms with Gasteiger partial charge < -0.3 is 19.5 Å². The highest BCUT2D eigenvalue weighted by Crippen LogP contribution is 2.40. The lowest BCUT2D eigenvalue weighted by Gasteiger charge is -2.37. The lowest BCUT2D eigenvalue weighted by Crippen LogP contribution is -2.37. The van der Waals surface area contributed by atoms with Crippen molar-refractivity contribution in [3.8, 4) is 11.5 Å². The number of hydrogen-bond donors (Lipinski definition) is 1. The quantitative estimate of drug-likeness (QED) is 0.240. The van der Waals surface area contributed by atoms with E-state index in [2.05, 4.69) is 4.90 Å². The third-order valence-electron chi connectivity index (χ3n) is 7.20. The number of methoxy groups -OCH3 is 1. The molecule has 1 N–H and O–H groups in total. The summed E-state index contributed by atoms with van der Waals surface area (Å²) in [6.45, 7) is 2.86. The van der Waals surface area contributed by atoms with Gasteiger partial charge in [0, 0.05) is 31.2 Å². The second kappa shape index (κ2) is 13.1. The molecule has 0 unspecified atom stereocenters. The molecule has 4 nitrogen and oxygen atoms in total. The van der Waals surface area contributed by atoms with Crippen LogP contribution in [0.5, 0.6) is 11.5 Å². The molecule has 4 rings (SSSR count). The van der Waals surface area contributed by atoms with E-state index in [1.165, 1.54) is 24.3 Å². The van der Waals surface area contributed by atoms with Gasteiger partial charge in [-0.1, -0.05) is 18.2 Å². The van der Waals surface area contributed by atoms with Gasteiger partial charge in [0.2, 0.25) is 0 Å². The van der Waals surface area contributed by atoms with Crippen molar-refractivity contribution in [2.45, 2.75) is 31.6 Å². The lowest BCUT2D eigenvalue weighted by molar-refractivity contribution is 0.161. The predicted octanol–water partition coefficient (Wildman–Crippen LogP) is 6.10. The van der Waals surface area contributed by atoms with Crippen LogP contribution in [0.25, 0.3) is 0 Å². The Morgan fingerprint density at radius 2 is 1.50 bits per heavy atom. The first-order chi connectivity index (χ1) is 18.4. The normalized spacial score (nSPS) is 14.7. The first-order valence-electron chi connectivity index (χ1n) is 12.9. The molecule has 1 saturated heterocycles. The molecule has 0 radical (unpaired) electrons. The number of halogens is 4. The Kier molecular flexibility index (Phi) is 9.63. The number of nitrogens with zero attached hydrogens (tertiary/aromatic N) is 1. The van der Waals surface area contributed by atoms with E-state index in [4.69, 9.17) is 14.6 Å². The average Bonchev–Trinajstić information content (AvgIpc) is 2.90. The maximum atomic E-state index is 14.8. The fourth-order valence-corrected chi connectivity index (χ4v) is 5.28. The van der Waals surface area contributed by atoms with Crippen molar-refractivity contribution < 1.29 is 32.1 Å². The Morgan fingerprint density at radius 1 is 0.868 bits per heavy atom. The van der Waals surface area contributed by atoms with Gasteiger partial charge in [0.25, 0.3) is 0 Å². The van der Waals surface area contributed by atoms with Crippen LogP contribution in [0.3, 0.4) is 0 Å². The van der Waals surface area contributed by atoms with Gasteiger partial charge >= 0.3 is 0 Å². The first-order valence-corrected chi connectivity index (χ1v) is 12.9. The third kappa shape index (κ3) is 6.85. The Labute approximate surface area is 220 Å². The van der Waals surface area contributed by atoms with Crippen LogP contribution in [-0.4, -0.2) is 50.0 Å². The van der Waals surface area contributed by atoms with E-state index in [0.717, 1.165) is 43.8 Å². The molecule has 0 amide bonds. The number of piperidine rings is 1. The molecule has 0 bridgehead atoms. The number of rotatable bonds is 11. The van der Waals surface area contributed by atoms with Crippen LogP contribution < -0.4 is 9.47 Å². The van der Waals surface area contributed by atoms with Crippen LogP contribution >= 0.6 is 0 Å². The zero-order valence-electron chi connectivity index (χ0n) is 21.4. The van der Waals surface area contributed by atoms with E-state index in [-0.39, 0.29) is 23.7 Å². The maximum Gasteiger partial charge on any atom is 0.161 e. The van der Waals surface area contributed by atoms with Gasteiger partial charge in [0.15, 0.2) is 11.5 Å². The number of hydrogen-bond acceptors (Lipinski definition) is 4. The topological polar surface area (TPSA) is 41.9 Å². The van der Waals surface area contributed by atoms with Crippen molar-refractivity contribution in [1.82, 2.24) is 4.90 Å². The highest BCUT2D eigenvalue weighted by atomic mass is 19.1. The summed E-state index contributed by atoms with van der Waals surface area (Å²) in [4.78, 5) is 2.29. The molecular formula is C30H33F4NO3. The SMILES string of the molecule is COc1cc(CCO)ccc1OCCCN1CCC(C(c2ccc(F)cc2F)c2ccc(F)cc2F)CC1. The van der Waals surface area contributed by atoms with Gasteiger partial charge in [-0.05, 0) is 85.6 Å². The van der Waals surface area contributed by atoms with Gasteiger partial charge in [0.1, 0.15) is 23.3 Å². The molecule has 8 heteroatoms. The van der Waals surface area contributed by atoms with E-state index in [1.54, 1.807) is 7.11 Å². The van der Waals surface area contributed by atoms with Crippen LogP contribution in [-0.2, 0) is 6.42 Å². The number of likely N-dealkylation sites (tertiary alicyclic amines) is 1. The third-order valence-corrected chi connectivity index (χ3v) is 7.20. The van der Waals surface area contributed by atoms with Crippen LogP contribution in [0.4, 0.5) is 17.6 Å². The Hall–Kier alpha value is -3.10. The molecule has 1 heterocycles. The predicted molar refractivity (Wildman–Crippen MR) is 138 cm³/mol. The molecule has 3 aromatic carbocycles. The Balaban J connectivity index is 1.35. The minimum Gasteiger partial charge on any atom is -0.493 e. The summed E-state index contributed by atoms with van der Waals surface area (Å²) in [5.74, 6) is -2.27. The second-order valence-electron chi connectivity index (χ2n) is 9.65. The van der Waals surface area contributed by atoms with Crippen molar-refractivity contribution >= 4 is 0 Å². The summed E-state index contributed by atoms with van der Waals surface area (Å²) in [5, 5.41) is 9.12. The minimum absolute atomic E-state index is 0.0679. The van der Waals surface area contributed by atoms with Crippen molar-refractivity contribution in [1.29, 1.82) is 0 Å². The lowest BCUT2D eigenvalue weighted by atomic mass is 9.75. The van der Waals surface area contributed by atoms with Crippen molar-refractivity contribution in [2.24, 2.45) is 5.92 Å². The number of ether oxygens (including phenoxy) is 2. The van der Waals surface area contributed by atoms with Crippen LogP contribution in [0.15, 0.2) is 54.6 Å². The molecule has 3 aromatic rings. The molecular weight excluding hydrogens is 498 g/mol. The highest BCUT2D eigenvalue weighted by Gasteiger charge is 2.32. The molecule has 204 valence electrons. The molecule has 0 aliphatic carbocycles. The zero-order chi connectivity index (χ0) is 27.1. The molecule has 1 aliphatic heterocycles. The number of benzene rings is 3. The number of aliphatic hydroxyl groups is 1. The summed E-state index contributed by atoms with van der Waals surface area (Å²) in [7, 11) is 1.58. The van der Waals surface area contributed by atoms with E-state index >= 15 is 0 Å². The molecule has 0 saturated carbocycles. The minimum atomic E-state index is -0.724. The zero-order valence-corrected chi connectivity index (χ0v) is 21.4. The largest absolute Gasteiger partial charge is 0.493 e. The average molecular weight is 532 g/mol. The smallest absolute Gasteiger partial charge is 0.161 e. The van der Waals surface area contributed by atoms with E-state index in [0.29, 0.717) is 37.4 Å². The molecule has 0 aromatic heterocycles. The molecule has 38 heavy (non-hydrogen) atoms. The van der Waals surface area contributed by atoms with Gasteiger partial charge in [-0.2, -0.15) is 0 Å². The van der Waals surface area contributed by atoms with Gasteiger partial charge in [-0.25, -0.2) is 17.6 Å². The Bertz CT molecular complexity index is 1160. The summed E-state index contributed by atoms with van der Waals surface area (Å²) < 4.78 is 68.1. The van der Waals surface area contributed by atoms with Gasteiger partial charge in [0.05, 0.1) is 13.7 Å². The van der Waals surface area contributed by atoms with Gasteiger partial charge in [-0.3, -0.25) is 0 Å². The Morgan fingerprint density at radius 3 is 2.05 bits per heavy atom. The second-order valence-corrected chi connectivity index (χ2v) is 9.65. The van der Waals surface area contributed by atoms with E-state index in [1.807, 2.05) is 18.2 Å². The first kappa shape index (κ1) is 27.9. The maximum absolute atomic E-state index is 14.8. The highest BCUT2D eigenvalue weighted by molar-refractivity contribution is 5.43. The standard InChI is InChI=1S/C30H33F4NO3/c1-37-29-17-20(11-15-36)3-8-28(29)38-16-2-12-35-13-9-21(10-14-35)30(24-6-4-22(31)18-26(24)33)25-7-5-23(32)19-27(25)34/h3-8,17-19,21,30,36H,2,9-16H2,1H3. The van der Waals surface area contributed by atoms with Crippen LogP contribution in [0.2, 0.25) is 0 Å². The summed E-state index contributed by atoms with van der Waals surface area (Å²) in [5.41, 5.74) is 1.42. The van der Waals surface area contributed by atoms with Crippen molar-refractivity contribution in [3.05, 3.63) is 94.6 Å².